The zero-order valence-corrected chi connectivity index (χ0v) is 12.7. The number of nitrogens with two attached hydrogens (primary N) is 1. The number of phenols is 1. The van der Waals surface area contributed by atoms with E-state index in [1.54, 1.807) is 36.4 Å². The Kier molecular flexibility index (Phi) is 5.36. The van der Waals surface area contributed by atoms with Crippen LogP contribution in [0, 0.1) is 5.41 Å². The summed E-state index contributed by atoms with van der Waals surface area (Å²) >= 11 is 0. The van der Waals surface area contributed by atoms with Gasteiger partial charge in [0, 0.05) is 6.08 Å². The molecule has 0 heterocycles. The zero-order chi connectivity index (χ0) is 15.9. The number of unbranched alkanes of at least 4 members (excludes halogenated alkanes) is 2. The average molecular weight is 299 g/mol. The van der Waals surface area contributed by atoms with Crippen LogP contribution < -0.4 is 5.73 Å². The van der Waals surface area contributed by atoms with E-state index in [1.165, 1.54) is 0 Å². The molecule has 5 nitrogen and oxygen atoms in total. The number of hydrogen-bond acceptors (Lipinski definition) is 5. The van der Waals surface area contributed by atoms with Crippen molar-refractivity contribution < 1.29 is 9.84 Å². The molecule has 4 N–H and O–H groups in total. The molecule has 116 valence electrons. The Morgan fingerprint density at radius 1 is 1.18 bits per heavy atom. The molecule has 0 aromatic heterocycles. The van der Waals surface area contributed by atoms with E-state index in [2.05, 4.69) is 11.9 Å². The highest BCUT2D eigenvalue weighted by molar-refractivity contribution is 6.22. The topological polar surface area (TPSA) is 91.7 Å². The normalized spacial score (nSPS) is 16.4. The van der Waals surface area contributed by atoms with E-state index in [4.69, 9.17) is 15.9 Å². The third kappa shape index (κ3) is 4.22. The van der Waals surface area contributed by atoms with Crippen molar-refractivity contribution in [3.8, 4) is 5.75 Å². The summed E-state index contributed by atoms with van der Waals surface area (Å²) in [6, 6.07) is 6.53. The number of allylic oxidation sites excluding steroid dienone is 2. The van der Waals surface area contributed by atoms with Gasteiger partial charge in [0.1, 0.15) is 11.5 Å². The smallest absolute Gasteiger partial charge is 0.146 e. The molecule has 0 radical (unpaired) electrons. The van der Waals surface area contributed by atoms with Crippen molar-refractivity contribution in [2.75, 3.05) is 6.61 Å². The van der Waals surface area contributed by atoms with Gasteiger partial charge in [0.25, 0.3) is 0 Å². The molecule has 1 aliphatic carbocycles. The van der Waals surface area contributed by atoms with E-state index in [-0.39, 0.29) is 11.5 Å². The standard InChI is InChI=1S/C17H21N3O2/c1-2-3-4-9-22-17-11-16(14(18)10-15(17)19)20-12-5-7-13(21)8-6-12/h5-8,10-11,19,21H,2-4,9,18H2,1H3. The van der Waals surface area contributed by atoms with Crippen molar-refractivity contribution in [2.45, 2.75) is 26.2 Å². The molecule has 5 heteroatoms. The molecule has 22 heavy (non-hydrogen) atoms. The summed E-state index contributed by atoms with van der Waals surface area (Å²) in [5, 5.41) is 17.2. The van der Waals surface area contributed by atoms with Gasteiger partial charge in [-0.25, -0.2) is 4.99 Å². The first kappa shape index (κ1) is 15.8. The SMILES string of the molecule is CCCCCOC1=CC(=Nc2ccc(O)cc2)C(N)=CC1=N. The monoisotopic (exact) mass is 299 g/mol. The molecule has 2 rings (SSSR count). The third-order valence-electron chi connectivity index (χ3n) is 3.23. The number of nitrogens with zero attached hydrogens (tertiary/aromatic N) is 1. The maximum Gasteiger partial charge on any atom is 0.146 e. The fraction of sp³-hybridized carbons (Fsp3) is 0.294. The Labute approximate surface area is 130 Å². The highest BCUT2D eigenvalue weighted by atomic mass is 16.5. The maximum absolute atomic E-state index is 9.29. The molecule has 0 bridgehead atoms. The molecule has 0 saturated carbocycles. The fourth-order valence-electron chi connectivity index (χ4n) is 2.00. The van der Waals surface area contributed by atoms with Crippen LogP contribution in [0.25, 0.3) is 0 Å². The van der Waals surface area contributed by atoms with Gasteiger partial charge in [-0.05, 0) is 36.8 Å². The number of hydrogen-bond donors (Lipinski definition) is 3. The molecular formula is C17H21N3O2. The van der Waals surface area contributed by atoms with E-state index in [1.807, 2.05) is 0 Å². The first-order valence-corrected chi connectivity index (χ1v) is 7.39. The number of aliphatic imine (C=N–C) groups is 1. The quantitative estimate of drug-likeness (QED) is 0.555. The molecule has 0 unspecified atom stereocenters. The minimum atomic E-state index is 0.188. The predicted molar refractivity (Wildman–Crippen MR) is 88.8 cm³/mol. The zero-order valence-electron chi connectivity index (χ0n) is 12.7. The second-order valence-corrected chi connectivity index (χ2v) is 5.09. The number of benzene rings is 1. The van der Waals surface area contributed by atoms with E-state index < -0.39 is 0 Å². The fourth-order valence-corrected chi connectivity index (χ4v) is 2.00. The van der Waals surface area contributed by atoms with Gasteiger partial charge in [-0.15, -0.1) is 0 Å². The molecule has 0 spiro atoms. The molecule has 0 atom stereocenters. The molecular weight excluding hydrogens is 278 g/mol. The van der Waals surface area contributed by atoms with Gasteiger partial charge in [-0.1, -0.05) is 19.8 Å². The second-order valence-electron chi connectivity index (χ2n) is 5.09. The van der Waals surface area contributed by atoms with Crippen molar-refractivity contribution in [3.05, 3.63) is 47.9 Å². The van der Waals surface area contributed by atoms with Crippen LogP contribution >= 0.6 is 0 Å². The number of phenolic OH excluding ortho intramolecular Hbond substituents is 1. The van der Waals surface area contributed by atoms with Crippen LogP contribution in [-0.4, -0.2) is 23.1 Å². The molecule has 1 aliphatic rings. The van der Waals surface area contributed by atoms with E-state index in [0.29, 0.717) is 29.5 Å². The van der Waals surface area contributed by atoms with Crippen LogP contribution in [0.5, 0.6) is 5.75 Å². The van der Waals surface area contributed by atoms with E-state index >= 15 is 0 Å². The van der Waals surface area contributed by atoms with Gasteiger partial charge >= 0.3 is 0 Å². The molecule has 0 fully saturated rings. The number of aromatic hydroxyl groups is 1. The van der Waals surface area contributed by atoms with Crippen molar-refractivity contribution in [3.63, 3.8) is 0 Å². The minimum absolute atomic E-state index is 0.188. The average Bonchev–Trinajstić information content (AvgIpc) is 2.50. The summed E-state index contributed by atoms with van der Waals surface area (Å²) in [6.45, 7) is 2.72. The van der Waals surface area contributed by atoms with E-state index in [9.17, 15) is 5.11 Å². The highest BCUT2D eigenvalue weighted by Crippen LogP contribution is 2.20. The van der Waals surface area contributed by atoms with Crippen LogP contribution in [0.1, 0.15) is 26.2 Å². The van der Waals surface area contributed by atoms with Gasteiger partial charge in [0.2, 0.25) is 0 Å². The minimum Gasteiger partial charge on any atom is -0.508 e. The van der Waals surface area contributed by atoms with Gasteiger partial charge in [-0.3, -0.25) is 5.41 Å². The van der Waals surface area contributed by atoms with Crippen LogP contribution in [0.2, 0.25) is 0 Å². The first-order chi connectivity index (χ1) is 10.6. The van der Waals surface area contributed by atoms with Gasteiger partial charge < -0.3 is 15.6 Å². The lowest BCUT2D eigenvalue weighted by atomic mass is 10.1. The maximum atomic E-state index is 9.29. The number of ether oxygens (including phenoxy) is 1. The van der Waals surface area contributed by atoms with Gasteiger partial charge in [0.05, 0.1) is 29.4 Å². The summed E-state index contributed by atoms with van der Waals surface area (Å²) in [6.07, 6.45) is 6.43. The largest absolute Gasteiger partial charge is 0.508 e. The summed E-state index contributed by atoms with van der Waals surface area (Å²) in [5.74, 6) is 0.677. The summed E-state index contributed by atoms with van der Waals surface area (Å²) < 4.78 is 5.65. The summed E-state index contributed by atoms with van der Waals surface area (Å²) in [4.78, 5) is 4.43. The van der Waals surface area contributed by atoms with Crippen molar-refractivity contribution >= 4 is 17.1 Å². The number of nitrogens with one attached hydrogen (secondary N) is 1. The van der Waals surface area contributed by atoms with Crippen LogP contribution in [0.3, 0.4) is 0 Å². The summed E-state index contributed by atoms with van der Waals surface area (Å²) in [7, 11) is 0. The number of rotatable bonds is 6. The van der Waals surface area contributed by atoms with Crippen molar-refractivity contribution in [2.24, 2.45) is 10.7 Å². The molecule has 0 saturated heterocycles. The molecule has 0 amide bonds. The summed E-state index contributed by atoms with van der Waals surface area (Å²) in [5.41, 5.74) is 7.86. The Bertz CT molecular complexity index is 628. The Morgan fingerprint density at radius 2 is 1.91 bits per heavy atom. The lowest BCUT2D eigenvalue weighted by Gasteiger charge is -2.15. The van der Waals surface area contributed by atoms with Gasteiger partial charge in [0.15, 0.2) is 0 Å². The Balaban J connectivity index is 2.14. The molecule has 0 aliphatic heterocycles. The molecule has 1 aromatic rings. The third-order valence-corrected chi connectivity index (χ3v) is 3.23. The first-order valence-electron chi connectivity index (χ1n) is 7.39. The van der Waals surface area contributed by atoms with Crippen LogP contribution in [-0.2, 0) is 4.74 Å². The van der Waals surface area contributed by atoms with Crippen molar-refractivity contribution in [1.82, 2.24) is 0 Å². The predicted octanol–water partition coefficient (Wildman–Crippen LogP) is 3.43. The highest BCUT2D eigenvalue weighted by Gasteiger charge is 2.15. The lowest BCUT2D eigenvalue weighted by Crippen LogP contribution is -2.19. The van der Waals surface area contributed by atoms with Gasteiger partial charge in [-0.2, -0.15) is 0 Å². The molecule has 1 aromatic carbocycles. The lowest BCUT2D eigenvalue weighted by molar-refractivity contribution is 0.224. The van der Waals surface area contributed by atoms with Crippen molar-refractivity contribution in [1.29, 1.82) is 5.41 Å². The van der Waals surface area contributed by atoms with E-state index in [0.717, 1.165) is 19.3 Å². The Hall–Kier alpha value is -2.56. The van der Waals surface area contributed by atoms with Crippen LogP contribution in [0.15, 0.2) is 52.9 Å². The second kappa shape index (κ2) is 7.45. The Morgan fingerprint density at radius 3 is 2.59 bits per heavy atom. The van der Waals surface area contributed by atoms with Crippen LogP contribution in [0.4, 0.5) is 5.69 Å².